The lowest BCUT2D eigenvalue weighted by Gasteiger charge is -2.41. The topological polar surface area (TPSA) is 105 Å². The third-order valence-electron chi connectivity index (χ3n) is 3.40. The number of ether oxygens (including phenoxy) is 3. The number of hydrogen-bond acceptors (Lipinski definition) is 7. The number of hydrogen-bond donors (Lipinski definition) is 3. The van der Waals surface area contributed by atoms with Crippen LogP contribution >= 0.6 is 0 Å². The molecule has 0 bridgehead atoms. The van der Waals surface area contributed by atoms with Gasteiger partial charge < -0.3 is 29.5 Å². The maximum Gasteiger partial charge on any atom is 0.303 e. The molecule has 7 heteroatoms. The Bertz CT molecular complexity index is 478. The maximum absolute atomic E-state index is 11.2. The highest BCUT2D eigenvalue weighted by atomic mass is 16.7. The van der Waals surface area contributed by atoms with Crippen molar-refractivity contribution in [1.29, 1.82) is 0 Å². The fraction of sp³-hybridized carbons (Fsp3) is 0.533. The second kappa shape index (κ2) is 7.66. The van der Waals surface area contributed by atoms with Gasteiger partial charge in [0, 0.05) is 6.92 Å². The van der Waals surface area contributed by atoms with Gasteiger partial charge in [0.25, 0.3) is 0 Å². The molecule has 2 rings (SSSR count). The third kappa shape index (κ3) is 4.02. The highest BCUT2D eigenvalue weighted by Gasteiger charge is 2.47. The molecule has 0 unspecified atom stereocenters. The van der Waals surface area contributed by atoms with Gasteiger partial charge >= 0.3 is 5.97 Å². The summed E-state index contributed by atoms with van der Waals surface area (Å²) in [6.45, 7) is 0.832. The second-order valence-electron chi connectivity index (χ2n) is 5.07. The molecule has 122 valence electrons. The number of carbonyl (C=O) groups is 1. The SMILES string of the molecule is CC(=O)O[C@H]1[C@H](O)[C@@H](CO)O[C@H](O)[C@@H]1OCc1ccccc1. The summed E-state index contributed by atoms with van der Waals surface area (Å²) in [7, 11) is 0. The normalized spacial score (nSPS) is 31.7. The molecule has 22 heavy (non-hydrogen) atoms. The van der Waals surface area contributed by atoms with E-state index < -0.39 is 43.3 Å². The van der Waals surface area contributed by atoms with Gasteiger partial charge in [-0.1, -0.05) is 30.3 Å². The zero-order valence-corrected chi connectivity index (χ0v) is 12.2. The number of carbonyl (C=O) groups excluding carboxylic acids is 1. The van der Waals surface area contributed by atoms with E-state index in [0.717, 1.165) is 5.56 Å². The first-order valence-electron chi connectivity index (χ1n) is 6.98. The molecule has 1 aliphatic heterocycles. The fourth-order valence-corrected chi connectivity index (χ4v) is 2.33. The largest absolute Gasteiger partial charge is 0.457 e. The van der Waals surface area contributed by atoms with Gasteiger partial charge in [-0.05, 0) is 5.56 Å². The molecule has 0 radical (unpaired) electrons. The van der Waals surface area contributed by atoms with Crippen LogP contribution in [0.1, 0.15) is 12.5 Å². The molecule has 0 aliphatic carbocycles. The van der Waals surface area contributed by atoms with Crippen LogP contribution in [0, 0.1) is 0 Å². The van der Waals surface area contributed by atoms with Gasteiger partial charge in [-0.2, -0.15) is 0 Å². The standard InChI is InChI=1S/C15H20O7/c1-9(17)21-13-12(18)11(7-16)22-15(19)14(13)20-8-10-5-3-2-4-6-10/h2-6,11-16,18-19H,7-8H2,1H3/t11-,12-,13+,14-,15+/m1/s1. The van der Waals surface area contributed by atoms with E-state index in [2.05, 4.69) is 0 Å². The summed E-state index contributed by atoms with van der Waals surface area (Å²) in [5.41, 5.74) is 0.857. The van der Waals surface area contributed by atoms with Crippen LogP contribution in [-0.2, 0) is 25.6 Å². The molecule has 7 nitrogen and oxygen atoms in total. The number of rotatable bonds is 5. The van der Waals surface area contributed by atoms with E-state index in [9.17, 15) is 15.0 Å². The molecule has 0 saturated carbocycles. The predicted octanol–water partition coefficient (Wildman–Crippen LogP) is -0.426. The predicted molar refractivity (Wildman–Crippen MR) is 74.5 cm³/mol. The van der Waals surface area contributed by atoms with Crippen molar-refractivity contribution in [3.8, 4) is 0 Å². The average Bonchev–Trinajstić information content (AvgIpc) is 2.50. The van der Waals surface area contributed by atoms with E-state index in [-0.39, 0.29) is 6.61 Å². The molecule has 5 atom stereocenters. The number of aliphatic hydroxyl groups excluding tert-OH is 3. The lowest BCUT2D eigenvalue weighted by Crippen LogP contribution is -2.60. The summed E-state index contributed by atoms with van der Waals surface area (Å²) >= 11 is 0. The Morgan fingerprint density at radius 2 is 1.91 bits per heavy atom. The maximum atomic E-state index is 11.2. The molecule has 1 saturated heterocycles. The van der Waals surface area contributed by atoms with Gasteiger partial charge in [0.05, 0.1) is 13.2 Å². The molecule has 1 aromatic carbocycles. The Labute approximate surface area is 128 Å². The summed E-state index contributed by atoms with van der Waals surface area (Å²) in [5.74, 6) is -0.622. The van der Waals surface area contributed by atoms with Crippen molar-refractivity contribution in [2.75, 3.05) is 6.61 Å². The van der Waals surface area contributed by atoms with E-state index in [4.69, 9.17) is 19.3 Å². The van der Waals surface area contributed by atoms with E-state index in [0.29, 0.717) is 0 Å². The molecular weight excluding hydrogens is 292 g/mol. The Kier molecular flexibility index (Phi) is 5.87. The van der Waals surface area contributed by atoms with Crippen LogP contribution in [0.15, 0.2) is 30.3 Å². The van der Waals surface area contributed by atoms with Crippen LogP contribution in [0.5, 0.6) is 0 Å². The molecule has 0 amide bonds. The molecule has 0 aromatic heterocycles. The van der Waals surface area contributed by atoms with Crippen molar-refractivity contribution >= 4 is 5.97 Å². The molecule has 1 aliphatic rings. The lowest BCUT2D eigenvalue weighted by atomic mass is 9.98. The molecule has 3 N–H and O–H groups in total. The zero-order valence-electron chi connectivity index (χ0n) is 12.2. The fourth-order valence-electron chi connectivity index (χ4n) is 2.33. The second-order valence-corrected chi connectivity index (χ2v) is 5.07. The first-order chi connectivity index (χ1) is 10.5. The van der Waals surface area contributed by atoms with Gasteiger partial charge in [0.1, 0.15) is 18.3 Å². The summed E-state index contributed by atoms with van der Waals surface area (Å²) in [6.07, 6.45) is -5.94. The van der Waals surface area contributed by atoms with Gasteiger partial charge in [-0.15, -0.1) is 0 Å². The van der Waals surface area contributed by atoms with Gasteiger partial charge in [0.15, 0.2) is 12.4 Å². The quantitative estimate of drug-likeness (QED) is 0.634. The summed E-state index contributed by atoms with van der Waals surface area (Å²) in [6, 6.07) is 9.21. The summed E-state index contributed by atoms with van der Waals surface area (Å²) < 4.78 is 15.7. The summed E-state index contributed by atoms with van der Waals surface area (Å²) in [5, 5.41) is 29.2. The van der Waals surface area contributed by atoms with Gasteiger partial charge in [0.2, 0.25) is 0 Å². The Morgan fingerprint density at radius 3 is 2.50 bits per heavy atom. The Morgan fingerprint density at radius 1 is 1.23 bits per heavy atom. The van der Waals surface area contributed by atoms with Crippen LogP contribution in [0.2, 0.25) is 0 Å². The first-order valence-corrected chi connectivity index (χ1v) is 6.98. The van der Waals surface area contributed by atoms with Crippen molar-refractivity contribution in [3.63, 3.8) is 0 Å². The molecule has 1 fully saturated rings. The minimum Gasteiger partial charge on any atom is -0.457 e. The molecule has 1 heterocycles. The molecule has 1 aromatic rings. The van der Waals surface area contributed by atoms with E-state index in [1.54, 1.807) is 0 Å². The smallest absolute Gasteiger partial charge is 0.303 e. The Hall–Kier alpha value is -1.51. The third-order valence-corrected chi connectivity index (χ3v) is 3.40. The molecule has 0 spiro atoms. The lowest BCUT2D eigenvalue weighted by molar-refractivity contribution is -0.300. The first kappa shape index (κ1) is 16.9. The van der Waals surface area contributed by atoms with Gasteiger partial charge in [-0.3, -0.25) is 4.79 Å². The van der Waals surface area contributed by atoms with Crippen molar-refractivity contribution in [2.24, 2.45) is 0 Å². The van der Waals surface area contributed by atoms with E-state index in [1.165, 1.54) is 6.92 Å². The van der Waals surface area contributed by atoms with Crippen LogP contribution in [0.4, 0.5) is 0 Å². The average molecular weight is 312 g/mol. The number of esters is 1. The van der Waals surface area contributed by atoms with E-state index >= 15 is 0 Å². The number of benzene rings is 1. The van der Waals surface area contributed by atoms with Crippen molar-refractivity contribution in [1.82, 2.24) is 0 Å². The van der Waals surface area contributed by atoms with Crippen molar-refractivity contribution in [3.05, 3.63) is 35.9 Å². The van der Waals surface area contributed by atoms with Crippen LogP contribution < -0.4 is 0 Å². The Balaban J connectivity index is 2.09. The molecular formula is C15H20O7. The van der Waals surface area contributed by atoms with E-state index in [1.807, 2.05) is 30.3 Å². The summed E-state index contributed by atoms with van der Waals surface area (Å²) in [4.78, 5) is 11.2. The minimum atomic E-state index is -1.42. The van der Waals surface area contributed by atoms with Crippen LogP contribution in [0.3, 0.4) is 0 Å². The highest BCUT2D eigenvalue weighted by molar-refractivity contribution is 5.66. The van der Waals surface area contributed by atoms with Crippen LogP contribution in [-0.4, -0.2) is 58.6 Å². The van der Waals surface area contributed by atoms with Crippen molar-refractivity contribution < 1.29 is 34.3 Å². The van der Waals surface area contributed by atoms with Gasteiger partial charge in [-0.25, -0.2) is 0 Å². The zero-order chi connectivity index (χ0) is 16.1. The number of aliphatic hydroxyl groups is 3. The minimum absolute atomic E-state index is 0.153. The monoisotopic (exact) mass is 312 g/mol. The van der Waals surface area contributed by atoms with Crippen molar-refractivity contribution in [2.45, 2.75) is 44.2 Å². The highest BCUT2D eigenvalue weighted by Crippen LogP contribution is 2.25. The van der Waals surface area contributed by atoms with Crippen LogP contribution in [0.25, 0.3) is 0 Å².